The van der Waals surface area contributed by atoms with E-state index < -0.39 is 17.8 Å². The van der Waals surface area contributed by atoms with Crippen molar-refractivity contribution in [3.63, 3.8) is 0 Å². The summed E-state index contributed by atoms with van der Waals surface area (Å²) in [5, 5.41) is 3.18. The summed E-state index contributed by atoms with van der Waals surface area (Å²) in [5.41, 5.74) is -0.723. The molecular weight excluding hydrogens is 195 g/mol. The van der Waals surface area contributed by atoms with Gasteiger partial charge in [-0.2, -0.15) is 13.2 Å². The van der Waals surface area contributed by atoms with E-state index >= 15 is 0 Å². The SMILES string of the molecule is FC(F)(F)C1=NOC2C3C=CC(C3)C12. The van der Waals surface area contributed by atoms with Crippen LogP contribution in [-0.2, 0) is 4.84 Å². The fourth-order valence-electron chi connectivity index (χ4n) is 2.70. The highest BCUT2D eigenvalue weighted by atomic mass is 19.4. The molecule has 4 atom stereocenters. The zero-order chi connectivity index (χ0) is 9.92. The van der Waals surface area contributed by atoms with Crippen molar-refractivity contribution in [2.45, 2.75) is 18.7 Å². The van der Waals surface area contributed by atoms with Crippen molar-refractivity contribution in [1.82, 2.24) is 0 Å². The first-order valence-corrected chi connectivity index (χ1v) is 4.56. The summed E-state index contributed by atoms with van der Waals surface area (Å²) in [5.74, 6) is -0.438. The molecule has 76 valence electrons. The highest BCUT2D eigenvalue weighted by Gasteiger charge is 2.58. The molecule has 1 fully saturated rings. The van der Waals surface area contributed by atoms with Gasteiger partial charge in [-0.25, -0.2) is 0 Å². The second-order valence-electron chi connectivity index (χ2n) is 4.02. The summed E-state index contributed by atoms with van der Waals surface area (Å²) in [6.45, 7) is 0. The molecular formula is C9H8F3NO. The number of nitrogens with zero attached hydrogens (tertiary/aromatic N) is 1. The highest BCUT2D eigenvalue weighted by molar-refractivity contribution is 5.93. The Balaban J connectivity index is 1.95. The van der Waals surface area contributed by atoms with Gasteiger partial charge in [0.25, 0.3) is 0 Å². The van der Waals surface area contributed by atoms with Gasteiger partial charge in [0.05, 0.1) is 5.92 Å². The summed E-state index contributed by atoms with van der Waals surface area (Å²) in [6, 6.07) is 0. The van der Waals surface area contributed by atoms with Crippen LogP contribution in [0.3, 0.4) is 0 Å². The predicted molar refractivity (Wildman–Crippen MR) is 42.6 cm³/mol. The molecule has 1 aliphatic heterocycles. The van der Waals surface area contributed by atoms with Crippen LogP contribution < -0.4 is 0 Å². The number of allylic oxidation sites excluding steroid dienone is 1. The molecule has 2 nitrogen and oxygen atoms in total. The van der Waals surface area contributed by atoms with Crippen LogP contribution >= 0.6 is 0 Å². The quantitative estimate of drug-likeness (QED) is 0.552. The maximum absolute atomic E-state index is 12.5. The molecule has 5 heteroatoms. The minimum atomic E-state index is -4.34. The molecule has 14 heavy (non-hydrogen) atoms. The lowest BCUT2D eigenvalue weighted by atomic mass is 9.87. The van der Waals surface area contributed by atoms with Crippen molar-refractivity contribution in [3.05, 3.63) is 12.2 Å². The van der Waals surface area contributed by atoms with Crippen LogP contribution in [0.25, 0.3) is 0 Å². The molecule has 1 heterocycles. The Kier molecular flexibility index (Phi) is 1.38. The van der Waals surface area contributed by atoms with Crippen LogP contribution in [0.1, 0.15) is 6.42 Å². The van der Waals surface area contributed by atoms with E-state index in [0.29, 0.717) is 0 Å². The van der Waals surface area contributed by atoms with Crippen molar-refractivity contribution >= 4 is 5.71 Å². The summed E-state index contributed by atoms with van der Waals surface area (Å²) >= 11 is 0. The first-order valence-electron chi connectivity index (χ1n) is 4.56. The van der Waals surface area contributed by atoms with E-state index in [1.807, 2.05) is 12.2 Å². The van der Waals surface area contributed by atoms with E-state index in [-0.39, 0.29) is 17.9 Å². The smallest absolute Gasteiger partial charge is 0.391 e. The molecule has 0 aromatic carbocycles. The highest BCUT2D eigenvalue weighted by Crippen LogP contribution is 2.50. The predicted octanol–water partition coefficient (Wildman–Crippen LogP) is 2.13. The van der Waals surface area contributed by atoms with Gasteiger partial charge in [0.1, 0.15) is 6.10 Å². The van der Waals surface area contributed by atoms with Crippen molar-refractivity contribution < 1.29 is 18.0 Å². The van der Waals surface area contributed by atoms with Gasteiger partial charge in [0.15, 0.2) is 5.71 Å². The van der Waals surface area contributed by atoms with Crippen molar-refractivity contribution in [2.24, 2.45) is 22.9 Å². The Bertz CT molecular complexity index is 333. The van der Waals surface area contributed by atoms with Gasteiger partial charge in [-0.15, -0.1) is 0 Å². The molecule has 0 amide bonds. The molecule has 0 saturated heterocycles. The zero-order valence-electron chi connectivity index (χ0n) is 7.16. The lowest BCUT2D eigenvalue weighted by Crippen LogP contribution is -2.35. The van der Waals surface area contributed by atoms with Gasteiger partial charge in [-0.3, -0.25) is 0 Å². The first-order chi connectivity index (χ1) is 6.57. The van der Waals surface area contributed by atoms with Crippen LogP contribution in [-0.4, -0.2) is 18.0 Å². The monoisotopic (exact) mass is 203 g/mol. The van der Waals surface area contributed by atoms with Crippen LogP contribution in [0, 0.1) is 17.8 Å². The normalized spacial score (nSPS) is 43.8. The van der Waals surface area contributed by atoms with Crippen LogP contribution in [0.5, 0.6) is 0 Å². The first kappa shape index (κ1) is 8.32. The van der Waals surface area contributed by atoms with Crippen molar-refractivity contribution in [3.8, 4) is 0 Å². The van der Waals surface area contributed by atoms with E-state index in [2.05, 4.69) is 5.16 Å². The average molecular weight is 203 g/mol. The Morgan fingerprint density at radius 2 is 2.00 bits per heavy atom. The molecule has 3 aliphatic rings. The third kappa shape index (κ3) is 0.898. The number of rotatable bonds is 0. The lowest BCUT2D eigenvalue weighted by molar-refractivity contribution is -0.0628. The second kappa shape index (κ2) is 2.32. The molecule has 2 aliphatic carbocycles. The largest absolute Gasteiger partial charge is 0.433 e. The number of fused-ring (bicyclic) bond motifs is 5. The number of oxime groups is 1. The van der Waals surface area contributed by atoms with Crippen LogP contribution in [0.4, 0.5) is 13.2 Å². The van der Waals surface area contributed by atoms with Crippen LogP contribution in [0.15, 0.2) is 17.3 Å². The summed E-state index contributed by atoms with van der Waals surface area (Å²) < 4.78 is 37.5. The number of halogens is 3. The lowest BCUT2D eigenvalue weighted by Gasteiger charge is -2.19. The summed E-state index contributed by atoms with van der Waals surface area (Å²) in [6.07, 6.45) is -0.105. The van der Waals surface area contributed by atoms with E-state index in [4.69, 9.17) is 4.84 Å². The minimum absolute atomic E-state index is 0.0205. The fraction of sp³-hybridized carbons (Fsp3) is 0.667. The van der Waals surface area contributed by atoms with E-state index in [1.54, 1.807) is 0 Å². The van der Waals surface area contributed by atoms with Gasteiger partial charge in [0.2, 0.25) is 0 Å². The summed E-state index contributed by atoms with van der Waals surface area (Å²) in [4.78, 5) is 4.87. The van der Waals surface area contributed by atoms with E-state index in [9.17, 15) is 13.2 Å². The second-order valence-corrected chi connectivity index (χ2v) is 4.02. The Labute approximate surface area is 78.4 Å². The van der Waals surface area contributed by atoms with Gasteiger partial charge in [0, 0.05) is 5.92 Å². The molecule has 4 unspecified atom stereocenters. The number of hydrogen-bond acceptors (Lipinski definition) is 2. The molecule has 1 saturated carbocycles. The topological polar surface area (TPSA) is 21.6 Å². The van der Waals surface area contributed by atoms with Gasteiger partial charge in [-0.05, 0) is 12.3 Å². The van der Waals surface area contributed by atoms with E-state index in [1.165, 1.54) is 0 Å². The molecule has 0 spiro atoms. The maximum Gasteiger partial charge on any atom is 0.433 e. The zero-order valence-corrected chi connectivity index (χ0v) is 7.16. The third-order valence-electron chi connectivity index (χ3n) is 3.27. The average Bonchev–Trinajstić information content (AvgIpc) is 2.74. The van der Waals surface area contributed by atoms with Gasteiger partial charge >= 0.3 is 6.18 Å². The van der Waals surface area contributed by atoms with Gasteiger partial charge < -0.3 is 4.84 Å². The minimum Gasteiger partial charge on any atom is -0.391 e. The maximum atomic E-state index is 12.5. The standard InChI is InChI=1S/C9H8F3NO/c10-9(11,12)8-6-4-1-2-5(3-4)7(6)14-13-8/h1-2,4-7H,3H2. The number of alkyl halides is 3. The summed E-state index contributed by atoms with van der Waals surface area (Å²) in [7, 11) is 0. The molecule has 0 N–H and O–H groups in total. The van der Waals surface area contributed by atoms with Crippen molar-refractivity contribution in [2.75, 3.05) is 0 Å². The molecule has 0 radical (unpaired) electrons. The fourth-order valence-corrected chi connectivity index (χ4v) is 2.70. The van der Waals surface area contributed by atoms with Crippen LogP contribution in [0.2, 0.25) is 0 Å². The molecule has 0 aromatic heterocycles. The van der Waals surface area contributed by atoms with E-state index in [0.717, 1.165) is 6.42 Å². The Hall–Kier alpha value is -1.00. The molecule has 2 bridgehead atoms. The molecule has 3 rings (SSSR count). The number of hydrogen-bond donors (Lipinski definition) is 0. The van der Waals surface area contributed by atoms with Gasteiger partial charge in [-0.1, -0.05) is 17.3 Å². The Morgan fingerprint density at radius 3 is 2.71 bits per heavy atom. The Morgan fingerprint density at radius 1 is 1.29 bits per heavy atom. The third-order valence-corrected chi connectivity index (χ3v) is 3.27. The molecule has 0 aromatic rings. The van der Waals surface area contributed by atoms with Crippen molar-refractivity contribution in [1.29, 1.82) is 0 Å².